The van der Waals surface area contributed by atoms with Gasteiger partial charge in [-0.3, -0.25) is 10.1 Å². The van der Waals surface area contributed by atoms with E-state index in [1.165, 1.54) is 6.42 Å². The number of aromatic amines is 1. The van der Waals surface area contributed by atoms with Crippen LogP contribution in [0.3, 0.4) is 0 Å². The minimum absolute atomic E-state index is 0.160. The number of hydrogen-bond acceptors (Lipinski definition) is 4. The molecule has 1 fully saturated rings. The fraction of sp³-hybridized carbons (Fsp3) is 0.474. The second-order valence-electron chi connectivity index (χ2n) is 7.14. The number of benzene rings is 1. The highest BCUT2D eigenvalue weighted by Crippen LogP contribution is 2.42. The maximum atomic E-state index is 11.9. The lowest BCUT2D eigenvalue weighted by atomic mass is 9.72. The highest BCUT2D eigenvalue weighted by Gasteiger charge is 2.52. The molecule has 3 heterocycles. The van der Waals surface area contributed by atoms with Crippen molar-refractivity contribution >= 4 is 5.97 Å². The predicted octanol–water partition coefficient (Wildman–Crippen LogP) is 1.74. The number of piperidine rings is 1. The van der Waals surface area contributed by atoms with Crippen molar-refractivity contribution in [1.29, 1.82) is 0 Å². The quantitative estimate of drug-likeness (QED) is 0.793. The second kappa shape index (κ2) is 6.28. The normalized spacial score (nSPS) is 30.0. The van der Waals surface area contributed by atoms with Gasteiger partial charge in [0, 0.05) is 18.2 Å². The topological polar surface area (TPSA) is 81.3 Å². The van der Waals surface area contributed by atoms with E-state index in [0.717, 1.165) is 36.3 Å². The van der Waals surface area contributed by atoms with Gasteiger partial charge in [0.1, 0.15) is 11.6 Å². The van der Waals surface area contributed by atoms with Crippen LogP contribution >= 0.6 is 0 Å². The number of likely N-dealkylation sites (N-methyl/N-ethyl adjacent to an activating group) is 1. The van der Waals surface area contributed by atoms with Gasteiger partial charge >= 0.3 is 5.97 Å². The van der Waals surface area contributed by atoms with Crippen LogP contribution in [0.15, 0.2) is 36.7 Å². The molecule has 3 atom stereocenters. The molecule has 1 aromatic heterocycles. The highest BCUT2D eigenvalue weighted by atomic mass is 16.4. The second-order valence-corrected chi connectivity index (χ2v) is 7.14. The molecule has 2 aliphatic rings. The Bertz CT molecular complexity index is 760. The average molecular weight is 340 g/mol. The number of aliphatic carboxylic acids is 1. The fourth-order valence-corrected chi connectivity index (χ4v) is 4.55. The first kappa shape index (κ1) is 16.3. The van der Waals surface area contributed by atoms with Gasteiger partial charge in [-0.15, -0.1) is 0 Å². The van der Waals surface area contributed by atoms with Crippen molar-refractivity contribution < 1.29 is 9.90 Å². The van der Waals surface area contributed by atoms with E-state index in [4.69, 9.17) is 0 Å². The van der Waals surface area contributed by atoms with E-state index in [1.807, 2.05) is 18.2 Å². The summed E-state index contributed by atoms with van der Waals surface area (Å²) in [4.78, 5) is 22.1. The number of nitrogens with one attached hydrogen (secondary N) is 2. The SMILES string of the molecule is CN1CCCCC1C1(c2ccccc2)NC(C(=O)O)Cc2[nH]cnc21. The van der Waals surface area contributed by atoms with Crippen LogP contribution in [0.25, 0.3) is 0 Å². The Balaban J connectivity index is 1.93. The molecule has 4 rings (SSSR count). The van der Waals surface area contributed by atoms with Gasteiger partial charge in [0.2, 0.25) is 0 Å². The number of fused-ring (bicyclic) bond motifs is 1. The van der Waals surface area contributed by atoms with Crippen molar-refractivity contribution in [3.05, 3.63) is 53.6 Å². The molecule has 6 nitrogen and oxygen atoms in total. The molecule has 0 spiro atoms. The molecule has 25 heavy (non-hydrogen) atoms. The fourth-order valence-electron chi connectivity index (χ4n) is 4.55. The summed E-state index contributed by atoms with van der Waals surface area (Å²) < 4.78 is 0. The molecule has 1 aromatic carbocycles. The van der Waals surface area contributed by atoms with Crippen LogP contribution in [0.4, 0.5) is 0 Å². The third-order valence-electron chi connectivity index (χ3n) is 5.70. The summed E-state index contributed by atoms with van der Waals surface area (Å²) in [5.74, 6) is -0.820. The third kappa shape index (κ3) is 2.56. The zero-order valence-electron chi connectivity index (χ0n) is 14.4. The number of rotatable bonds is 3. The molecule has 0 bridgehead atoms. The minimum atomic E-state index is -0.820. The smallest absolute Gasteiger partial charge is 0.321 e. The molecule has 132 valence electrons. The minimum Gasteiger partial charge on any atom is -0.480 e. The van der Waals surface area contributed by atoms with Gasteiger partial charge in [-0.25, -0.2) is 4.98 Å². The van der Waals surface area contributed by atoms with E-state index in [1.54, 1.807) is 6.33 Å². The Morgan fingerprint density at radius 3 is 2.84 bits per heavy atom. The number of carboxylic acid groups (broad SMARTS) is 1. The van der Waals surface area contributed by atoms with E-state index >= 15 is 0 Å². The summed E-state index contributed by atoms with van der Waals surface area (Å²) in [6.07, 6.45) is 5.44. The number of imidazole rings is 1. The zero-order valence-corrected chi connectivity index (χ0v) is 14.4. The number of likely N-dealkylation sites (tertiary alicyclic amines) is 1. The third-order valence-corrected chi connectivity index (χ3v) is 5.70. The molecular weight excluding hydrogens is 316 g/mol. The number of aromatic nitrogens is 2. The summed E-state index contributed by atoms with van der Waals surface area (Å²) in [7, 11) is 2.13. The molecule has 0 radical (unpaired) electrons. The van der Waals surface area contributed by atoms with Crippen LogP contribution in [0, 0.1) is 0 Å². The highest BCUT2D eigenvalue weighted by molar-refractivity contribution is 5.75. The maximum absolute atomic E-state index is 11.9. The van der Waals surface area contributed by atoms with Gasteiger partial charge in [0.15, 0.2) is 0 Å². The van der Waals surface area contributed by atoms with Crippen molar-refractivity contribution in [2.24, 2.45) is 0 Å². The van der Waals surface area contributed by atoms with Crippen molar-refractivity contribution in [3.63, 3.8) is 0 Å². The Kier molecular flexibility index (Phi) is 4.09. The Labute approximate surface area is 147 Å². The standard InChI is InChI=1S/C19H24N4O2/c1-23-10-6-5-9-16(23)19(13-7-3-2-4-8-13)17-14(20-12-21-17)11-15(22-19)18(24)25/h2-4,7-8,12,15-16,22H,5-6,9-11H2,1H3,(H,20,21)(H,24,25). The lowest BCUT2D eigenvalue weighted by molar-refractivity contribution is -0.140. The van der Waals surface area contributed by atoms with Gasteiger partial charge in [-0.1, -0.05) is 36.8 Å². The lowest BCUT2D eigenvalue weighted by Gasteiger charge is -2.50. The lowest BCUT2D eigenvalue weighted by Crippen LogP contribution is -2.65. The first-order valence-corrected chi connectivity index (χ1v) is 8.92. The molecule has 1 saturated heterocycles. The number of H-pyrrole nitrogens is 1. The monoisotopic (exact) mass is 340 g/mol. The van der Waals surface area contributed by atoms with Gasteiger partial charge in [-0.05, 0) is 32.0 Å². The zero-order chi connectivity index (χ0) is 17.4. The van der Waals surface area contributed by atoms with Gasteiger partial charge in [0.25, 0.3) is 0 Å². The number of hydrogen-bond donors (Lipinski definition) is 3. The summed E-state index contributed by atoms with van der Waals surface area (Å²) in [5.41, 5.74) is 2.32. The van der Waals surface area contributed by atoms with E-state index in [2.05, 4.69) is 39.4 Å². The maximum Gasteiger partial charge on any atom is 0.321 e. The molecular formula is C19H24N4O2. The van der Waals surface area contributed by atoms with Crippen LogP contribution in [-0.4, -0.2) is 51.6 Å². The van der Waals surface area contributed by atoms with Crippen LogP contribution in [0.5, 0.6) is 0 Å². The summed E-state index contributed by atoms with van der Waals surface area (Å²) in [5, 5.41) is 13.2. The predicted molar refractivity (Wildman–Crippen MR) is 94.3 cm³/mol. The Hall–Kier alpha value is -2.18. The van der Waals surface area contributed by atoms with E-state index in [0.29, 0.717) is 6.42 Å². The molecule has 0 aliphatic carbocycles. The van der Waals surface area contributed by atoms with Gasteiger partial charge in [-0.2, -0.15) is 0 Å². The van der Waals surface area contributed by atoms with E-state index in [-0.39, 0.29) is 6.04 Å². The average Bonchev–Trinajstić information content (AvgIpc) is 3.11. The van der Waals surface area contributed by atoms with E-state index < -0.39 is 17.6 Å². The Morgan fingerprint density at radius 1 is 1.32 bits per heavy atom. The molecule has 3 unspecified atom stereocenters. The molecule has 2 aliphatic heterocycles. The van der Waals surface area contributed by atoms with Crippen LogP contribution in [0.2, 0.25) is 0 Å². The van der Waals surface area contributed by atoms with Crippen molar-refractivity contribution in [2.45, 2.75) is 43.3 Å². The van der Waals surface area contributed by atoms with Crippen LogP contribution in [0.1, 0.15) is 36.2 Å². The molecule has 2 aromatic rings. The molecule has 3 N–H and O–H groups in total. The van der Waals surface area contributed by atoms with E-state index in [9.17, 15) is 9.90 Å². The van der Waals surface area contributed by atoms with Crippen LogP contribution < -0.4 is 5.32 Å². The molecule has 0 saturated carbocycles. The van der Waals surface area contributed by atoms with Crippen LogP contribution in [-0.2, 0) is 16.8 Å². The first-order valence-electron chi connectivity index (χ1n) is 8.92. The number of nitrogens with zero attached hydrogens (tertiary/aromatic N) is 2. The van der Waals surface area contributed by atoms with Gasteiger partial charge in [0.05, 0.1) is 12.0 Å². The van der Waals surface area contributed by atoms with Crippen molar-refractivity contribution in [2.75, 3.05) is 13.6 Å². The Morgan fingerprint density at radius 2 is 2.12 bits per heavy atom. The number of carboxylic acids is 1. The van der Waals surface area contributed by atoms with Gasteiger partial charge < -0.3 is 15.0 Å². The van der Waals surface area contributed by atoms with Crippen molar-refractivity contribution in [1.82, 2.24) is 20.2 Å². The first-order chi connectivity index (χ1) is 12.1. The summed E-state index contributed by atoms with van der Waals surface area (Å²) in [6, 6.07) is 9.70. The van der Waals surface area contributed by atoms with Crippen molar-refractivity contribution in [3.8, 4) is 0 Å². The largest absolute Gasteiger partial charge is 0.480 e. The summed E-state index contributed by atoms with van der Waals surface area (Å²) >= 11 is 0. The number of carbonyl (C=O) groups is 1. The molecule has 6 heteroatoms. The molecule has 0 amide bonds. The summed E-state index contributed by atoms with van der Waals surface area (Å²) in [6.45, 7) is 1.01.